The predicted molar refractivity (Wildman–Crippen MR) is 140 cm³/mol. The van der Waals surface area contributed by atoms with E-state index in [2.05, 4.69) is 15.5 Å². The molecule has 0 aliphatic carbocycles. The van der Waals surface area contributed by atoms with Crippen molar-refractivity contribution in [3.63, 3.8) is 0 Å². The molecule has 0 fully saturated rings. The summed E-state index contributed by atoms with van der Waals surface area (Å²) in [6.45, 7) is 1.49. The fraction of sp³-hybridized carbons (Fsp3) is 0.0800. The number of fused-ring (bicyclic) bond motifs is 1. The summed E-state index contributed by atoms with van der Waals surface area (Å²) in [5.41, 5.74) is 0.432. The molecule has 38 heavy (non-hydrogen) atoms. The molecule has 0 spiro atoms. The number of rotatable bonds is 6. The van der Waals surface area contributed by atoms with Crippen molar-refractivity contribution in [1.29, 1.82) is 0 Å². The van der Waals surface area contributed by atoms with Gasteiger partial charge in [-0.05, 0) is 48.2 Å². The van der Waals surface area contributed by atoms with E-state index < -0.39 is 26.7 Å². The van der Waals surface area contributed by atoms with Gasteiger partial charge in [-0.2, -0.15) is 18.6 Å². The van der Waals surface area contributed by atoms with E-state index in [-0.39, 0.29) is 57.1 Å². The molecule has 1 amide bonds. The molecule has 0 unspecified atom stereocenters. The predicted octanol–water partition coefficient (Wildman–Crippen LogP) is 3.46. The maximum Gasteiger partial charge on any atom is 1.00 e. The molecule has 190 valence electrons. The maximum atomic E-state index is 13.4. The van der Waals surface area contributed by atoms with Crippen LogP contribution in [0.5, 0.6) is 11.5 Å². The number of azo groups is 1. The van der Waals surface area contributed by atoms with Crippen LogP contribution in [0.15, 0.2) is 75.8 Å². The molecule has 0 aromatic heterocycles. The fourth-order valence-corrected chi connectivity index (χ4v) is 4.83. The zero-order chi connectivity index (χ0) is 26.9. The molecule has 0 saturated carbocycles. The molecule has 0 saturated heterocycles. The molecule has 13 heteroatoms. The summed E-state index contributed by atoms with van der Waals surface area (Å²) in [6, 6.07) is 15.3. The summed E-state index contributed by atoms with van der Waals surface area (Å²) in [6.07, 6.45) is 0. The molecule has 9 nitrogen and oxygen atoms in total. The normalized spacial score (nSPS) is 11.4. The number of carbonyl (C=O) groups excluding carboxylic acids is 1. The Bertz CT molecular complexity index is 1700. The van der Waals surface area contributed by atoms with Gasteiger partial charge in [0.05, 0.1) is 29.2 Å². The van der Waals surface area contributed by atoms with Crippen LogP contribution < -0.4 is 44.7 Å². The Balaban J connectivity index is 0.00000400. The first-order valence-corrected chi connectivity index (χ1v) is 12.8. The molecule has 4 aromatic carbocycles. The Morgan fingerprint density at radius 2 is 1.76 bits per heavy atom. The fourth-order valence-electron chi connectivity index (χ4n) is 3.60. The summed E-state index contributed by atoms with van der Waals surface area (Å²) in [5.74, 6) is -1.05. The molecule has 4 rings (SSSR count). The molecule has 0 aliphatic rings. The zero-order valence-corrected chi connectivity index (χ0v) is 24.6. The number of nitrogens with zero attached hydrogens (tertiary/aromatic N) is 2. The van der Waals surface area contributed by atoms with E-state index in [1.807, 2.05) is 0 Å². The third kappa shape index (κ3) is 6.13. The van der Waals surface area contributed by atoms with Gasteiger partial charge < -0.3 is 15.2 Å². The van der Waals surface area contributed by atoms with Gasteiger partial charge in [0.2, 0.25) is 0 Å². The van der Waals surface area contributed by atoms with Gasteiger partial charge >= 0.3 is 29.6 Å². The van der Waals surface area contributed by atoms with Crippen molar-refractivity contribution in [2.24, 2.45) is 10.2 Å². The van der Waals surface area contributed by atoms with E-state index in [0.29, 0.717) is 27.2 Å². The standard InChI is InChI=1S/C25H19Cl2N3O6S.Na/c1-13-18(9-10-21(22(13)27)37(33,34)35)29-30-23-16-6-4-3-5-14(16)11-17(24(23)31)25(32)28-19-8-7-15(26)12-20(19)36-2;/h3-12,31H,1-2H3,(H,28,32)(H,33,34,35);/q;+1/p-1. The molecule has 2 N–H and O–H groups in total. The Morgan fingerprint density at radius 1 is 1.05 bits per heavy atom. The average molecular weight is 582 g/mol. The van der Waals surface area contributed by atoms with Crippen LogP contribution in [-0.4, -0.2) is 26.0 Å². The van der Waals surface area contributed by atoms with E-state index in [1.165, 1.54) is 32.2 Å². The molecular formula is C25H18Cl2N3NaO6S. The van der Waals surface area contributed by atoms with Crippen LogP contribution in [-0.2, 0) is 10.1 Å². The van der Waals surface area contributed by atoms with Gasteiger partial charge in [0.15, 0.2) is 0 Å². The number of nitrogens with one attached hydrogen (secondary N) is 1. The van der Waals surface area contributed by atoms with E-state index in [4.69, 9.17) is 27.9 Å². The summed E-state index contributed by atoms with van der Waals surface area (Å²) in [7, 11) is -3.12. The minimum absolute atomic E-state index is 0. The van der Waals surface area contributed by atoms with Crippen LogP contribution in [0.3, 0.4) is 0 Å². The summed E-state index contributed by atoms with van der Waals surface area (Å²) >= 11 is 12.1. The average Bonchev–Trinajstić information content (AvgIpc) is 2.85. The van der Waals surface area contributed by atoms with Crippen LogP contribution in [0.4, 0.5) is 17.1 Å². The number of halogens is 2. The quantitative estimate of drug-likeness (QED) is 0.203. The summed E-state index contributed by atoms with van der Waals surface area (Å²) in [5, 5.41) is 25.4. The third-order valence-corrected chi connectivity index (χ3v) is 7.22. The Labute approximate surface area is 250 Å². The van der Waals surface area contributed by atoms with E-state index in [1.54, 1.807) is 36.4 Å². The van der Waals surface area contributed by atoms with Crippen LogP contribution in [0.2, 0.25) is 10.0 Å². The number of hydrogen-bond acceptors (Lipinski definition) is 7. The van der Waals surface area contributed by atoms with Crippen LogP contribution >= 0.6 is 23.2 Å². The SMILES string of the molecule is COc1cc(Cl)ccc1NC(=O)c1cc2ccccc2c(N=Nc2ccc(S(=O)(=O)O)c(Cl)c2C)c1[O-].[Na+]. The number of carbonyl (C=O) groups is 1. The van der Waals surface area contributed by atoms with Gasteiger partial charge in [0.25, 0.3) is 16.0 Å². The van der Waals surface area contributed by atoms with Crippen molar-refractivity contribution >= 4 is 67.1 Å². The molecule has 0 radical (unpaired) electrons. The van der Waals surface area contributed by atoms with E-state index in [0.717, 1.165) is 6.07 Å². The number of amides is 1. The minimum Gasteiger partial charge on any atom is -0.870 e. The molecule has 0 bridgehead atoms. The first kappa shape index (κ1) is 29.9. The Kier molecular flexibility index (Phi) is 9.43. The molecule has 4 aromatic rings. The second-order valence-corrected chi connectivity index (χ2v) is 10.0. The van der Waals surface area contributed by atoms with Gasteiger partial charge in [0, 0.05) is 22.0 Å². The van der Waals surface area contributed by atoms with E-state index in [9.17, 15) is 22.9 Å². The number of anilines is 1. The van der Waals surface area contributed by atoms with Crippen molar-refractivity contribution in [3.8, 4) is 11.5 Å². The Hall–Kier alpha value is -2.70. The number of benzene rings is 4. The monoisotopic (exact) mass is 581 g/mol. The maximum absolute atomic E-state index is 13.4. The van der Waals surface area contributed by atoms with Gasteiger partial charge in [-0.3, -0.25) is 9.35 Å². The number of hydrogen-bond donors (Lipinski definition) is 2. The van der Waals surface area contributed by atoms with Crippen molar-refractivity contribution in [3.05, 3.63) is 81.8 Å². The zero-order valence-electron chi connectivity index (χ0n) is 20.3. The van der Waals surface area contributed by atoms with Crippen molar-refractivity contribution < 1.29 is 57.2 Å². The third-order valence-electron chi connectivity index (χ3n) is 5.49. The topological polar surface area (TPSA) is 140 Å². The molecule has 0 aliphatic heterocycles. The summed E-state index contributed by atoms with van der Waals surface area (Å²) in [4.78, 5) is 12.6. The second kappa shape index (κ2) is 12.0. The first-order valence-electron chi connectivity index (χ1n) is 10.6. The van der Waals surface area contributed by atoms with Crippen LogP contribution in [0.25, 0.3) is 10.8 Å². The smallest absolute Gasteiger partial charge is 0.870 e. The minimum atomic E-state index is -4.54. The first-order chi connectivity index (χ1) is 17.5. The van der Waals surface area contributed by atoms with Crippen molar-refractivity contribution in [2.45, 2.75) is 11.8 Å². The van der Waals surface area contributed by atoms with Gasteiger partial charge in [-0.1, -0.05) is 53.2 Å². The molecular weight excluding hydrogens is 564 g/mol. The number of methoxy groups -OCH3 is 1. The molecule has 0 heterocycles. The van der Waals surface area contributed by atoms with E-state index >= 15 is 0 Å². The summed E-state index contributed by atoms with van der Waals surface area (Å²) < 4.78 is 37.6. The van der Waals surface area contributed by atoms with Crippen molar-refractivity contribution in [1.82, 2.24) is 0 Å². The number of ether oxygens (including phenoxy) is 1. The second-order valence-electron chi connectivity index (χ2n) is 7.82. The van der Waals surface area contributed by atoms with Gasteiger partial charge in [-0.25, -0.2) is 0 Å². The van der Waals surface area contributed by atoms with Gasteiger partial charge in [0.1, 0.15) is 10.6 Å². The van der Waals surface area contributed by atoms with Crippen molar-refractivity contribution in [2.75, 3.05) is 12.4 Å². The van der Waals surface area contributed by atoms with Crippen LogP contribution in [0.1, 0.15) is 15.9 Å². The van der Waals surface area contributed by atoms with Gasteiger partial charge in [-0.15, -0.1) is 0 Å². The van der Waals surface area contributed by atoms with Crippen LogP contribution in [0, 0.1) is 6.92 Å². The molecule has 0 atom stereocenters. The largest absolute Gasteiger partial charge is 1.00 e. The Morgan fingerprint density at radius 3 is 2.45 bits per heavy atom.